The van der Waals surface area contributed by atoms with Gasteiger partial charge in [-0.1, -0.05) is 20.8 Å². The van der Waals surface area contributed by atoms with Crippen LogP contribution < -0.4 is 0 Å². The minimum Gasteiger partial charge on any atom is -0.462 e. The summed E-state index contributed by atoms with van der Waals surface area (Å²) in [6.45, 7) is 10.7. The third-order valence-electron chi connectivity index (χ3n) is 15.7. The molecule has 1 aliphatic heterocycles. The number of hydrogen-bond donors (Lipinski definition) is 3. The maximum Gasteiger partial charge on any atom is 0.338 e. The molecule has 18 atom stereocenters. The van der Waals surface area contributed by atoms with Crippen molar-refractivity contribution in [3.8, 4) is 0 Å². The molecule has 8 fully saturated rings. The molecule has 238 valence electrons. The topological polar surface area (TPSA) is 140 Å². The lowest BCUT2D eigenvalue weighted by molar-refractivity contribution is -0.276. The summed E-state index contributed by atoms with van der Waals surface area (Å²) in [6.07, 6.45) is 3.00. The lowest BCUT2D eigenvalue weighted by atomic mass is 9.41. The molecule has 7 aliphatic carbocycles. The van der Waals surface area contributed by atoms with Gasteiger partial charge < -0.3 is 29.5 Å². The number of esters is 3. The van der Waals surface area contributed by atoms with E-state index in [2.05, 4.69) is 13.8 Å². The summed E-state index contributed by atoms with van der Waals surface area (Å²) < 4.78 is 18.3. The van der Waals surface area contributed by atoms with E-state index in [1.54, 1.807) is 6.92 Å². The molecule has 0 radical (unpaired) electrons. The summed E-state index contributed by atoms with van der Waals surface area (Å²) in [5, 5.41) is 35.3. The summed E-state index contributed by atoms with van der Waals surface area (Å²) in [5.74, 6) is -0.557. The molecule has 0 aromatic carbocycles. The number of carbonyl (C=O) groups is 3. The lowest BCUT2D eigenvalue weighted by Gasteiger charge is -2.66. The first-order valence-electron chi connectivity index (χ1n) is 16.7. The maximum atomic E-state index is 13.2. The summed E-state index contributed by atoms with van der Waals surface area (Å²) in [5.41, 5.74) is -4.62. The molecule has 0 spiro atoms. The Kier molecular flexibility index (Phi) is 5.58. The van der Waals surface area contributed by atoms with Crippen LogP contribution in [0.4, 0.5) is 0 Å². The van der Waals surface area contributed by atoms with Gasteiger partial charge in [0.15, 0.2) is 5.60 Å². The Morgan fingerprint density at radius 2 is 1.58 bits per heavy atom. The van der Waals surface area contributed by atoms with Crippen LogP contribution in [0.25, 0.3) is 0 Å². The molecule has 9 nitrogen and oxygen atoms in total. The molecule has 43 heavy (non-hydrogen) atoms. The zero-order chi connectivity index (χ0) is 30.8. The Balaban J connectivity index is 1.29. The molecule has 0 aromatic rings. The molecular weight excluding hydrogens is 552 g/mol. The van der Waals surface area contributed by atoms with Gasteiger partial charge in [-0.3, -0.25) is 9.59 Å². The van der Waals surface area contributed by atoms with E-state index in [0.717, 1.165) is 25.7 Å². The number of rotatable bonds is 3. The monoisotopic (exact) mass is 600 g/mol. The van der Waals surface area contributed by atoms with Crippen molar-refractivity contribution in [3.05, 3.63) is 0 Å². The molecule has 0 amide bonds. The first kappa shape index (κ1) is 28.7. The lowest BCUT2D eigenvalue weighted by Crippen LogP contribution is -2.71. The zero-order valence-electron chi connectivity index (χ0n) is 26.2. The van der Waals surface area contributed by atoms with Crippen molar-refractivity contribution in [1.82, 2.24) is 0 Å². The fourth-order valence-electron chi connectivity index (χ4n) is 13.5. The summed E-state index contributed by atoms with van der Waals surface area (Å²) in [4.78, 5) is 38.5. The molecule has 8 rings (SSSR count). The highest BCUT2D eigenvalue weighted by atomic mass is 16.6. The van der Waals surface area contributed by atoms with Gasteiger partial charge in [-0.05, 0) is 98.7 Å². The van der Waals surface area contributed by atoms with Gasteiger partial charge in [-0.15, -0.1) is 0 Å². The Bertz CT molecular complexity index is 1300. The minimum absolute atomic E-state index is 0.0344. The minimum atomic E-state index is -1.68. The van der Waals surface area contributed by atoms with Gasteiger partial charge in [0.25, 0.3) is 0 Å². The summed E-state index contributed by atoms with van der Waals surface area (Å²) >= 11 is 0. The van der Waals surface area contributed by atoms with Crippen LogP contribution in [0, 0.1) is 75.4 Å². The third-order valence-corrected chi connectivity index (χ3v) is 15.7. The van der Waals surface area contributed by atoms with E-state index in [4.69, 9.17) is 14.2 Å². The van der Waals surface area contributed by atoms with Crippen LogP contribution in [-0.2, 0) is 28.6 Å². The van der Waals surface area contributed by atoms with E-state index in [1.807, 2.05) is 6.92 Å². The Morgan fingerprint density at radius 3 is 2.23 bits per heavy atom. The molecule has 1 saturated heterocycles. The van der Waals surface area contributed by atoms with Crippen LogP contribution >= 0.6 is 0 Å². The fraction of sp³-hybridized carbons (Fsp3) is 0.912. The number of hydrogen-bond acceptors (Lipinski definition) is 9. The zero-order valence-corrected chi connectivity index (χ0v) is 26.2. The largest absolute Gasteiger partial charge is 0.462 e. The van der Waals surface area contributed by atoms with Gasteiger partial charge in [-0.2, -0.15) is 0 Å². The van der Waals surface area contributed by atoms with Crippen LogP contribution in [0.2, 0.25) is 0 Å². The smallest absolute Gasteiger partial charge is 0.338 e. The van der Waals surface area contributed by atoms with E-state index < -0.39 is 45.6 Å². The average molecular weight is 601 g/mol. The van der Waals surface area contributed by atoms with Crippen LogP contribution in [-0.4, -0.2) is 69.3 Å². The Hall–Kier alpha value is -1.71. The standard InChI is InChI=1S/C34H48O9/c1-14(36)41-25-10-22-26(18-8-20(18)34(40)11-16-7-17(16)28(32(22,34)5)42-15(2)37)21-9-23-27(31(21,25)4)19(13-35)24-12-30(23,3)33(6,39)29(38)43-24/h16-28,35,39-40H,7-13H2,1-6H3/t16-,17-,18+,19+,20-,21-,22-,23+,24+,25-,26-,27-,28-,30-,31+,32-,33-,34-/m0/s1. The molecule has 8 aliphatic rings. The van der Waals surface area contributed by atoms with Gasteiger partial charge >= 0.3 is 17.9 Å². The Morgan fingerprint density at radius 1 is 0.884 bits per heavy atom. The third kappa shape index (κ3) is 3.18. The molecule has 1 heterocycles. The second kappa shape index (κ2) is 8.35. The van der Waals surface area contributed by atoms with Crippen molar-refractivity contribution >= 4 is 17.9 Å². The van der Waals surface area contributed by atoms with E-state index in [1.165, 1.54) is 13.8 Å². The summed E-state index contributed by atoms with van der Waals surface area (Å²) in [6, 6.07) is 0. The highest BCUT2D eigenvalue weighted by Crippen LogP contribution is 2.81. The normalized spacial score (nSPS) is 61.8. The number of ether oxygens (including phenoxy) is 3. The quantitative estimate of drug-likeness (QED) is 0.330. The van der Waals surface area contributed by atoms with Gasteiger partial charge in [0.1, 0.15) is 18.3 Å². The van der Waals surface area contributed by atoms with E-state index >= 15 is 0 Å². The highest BCUT2D eigenvalue weighted by molar-refractivity contribution is 5.81. The number of fused-ring (bicyclic) bond motifs is 14. The maximum absolute atomic E-state index is 13.2. The van der Waals surface area contributed by atoms with Crippen molar-refractivity contribution in [3.63, 3.8) is 0 Å². The second-order valence-electron chi connectivity index (χ2n) is 16.9. The first-order chi connectivity index (χ1) is 20.1. The second-order valence-corrected chi connectivity index (χ2v) is 16.9. The van der Waals surface area contributed by atoms with Crippen molar-refractivity contribution in [2.75, 3.05) is 6.61 Å². The molecule has 3 N–H and O–H groups in total. The molecule has 2 bridgehead atoms. The van der Waals surface area contributed by atoms with Crippen LogP contribution in [0.1, 0.15) is 80.1 Å². The number of aliphatic hydroxyl groups excluding tert-OH is 1. The molecule has 9 heteroatoms. The highest BCUT2D eigenvalue weighted by Gasteiger charge is 2.83. The van der Waals surface area contributed by atoms with E-state index in [-0.39, 0.29) is 72.0 Å². The fourth-order valence-corrected chi connectivity index (χ4v) is 13.5. The van der Waals surface area contributed by atoms with Crippen LogP contribution in [0.15, 0.2) is 0 Å². The number of carbonyl (C=O) groups excluding carboxylic acids is 3. The summed E-state index contributed by atoms with van der Waals surface area (Å²) in [7, 11) is 0. The molecule has 7 saturated carbocycles. The van der Waals surface area contributed by atoms with E-state index in [9.17, 15) is 29.7 Å². The van der Waals surface area contributed by atoms with Crippen LogP contribution in [0.3, 0.4) is 0 Å². The average Bonchev–Trinajstić information content (AvgIpc) is 3.82. The van der Waals surface area contributed by atoms with Gasteiger partial charge in [-0.25, -0.2) is 4.79 Å². The molecular formula is C34H48O9. The SMILES string of the molecule is CC(=O)O[C@H]1C[C@H]2[C@@H]([C@@H]3C[C@@H]3[C@@]3(O)C[C@@H]4C[C@@H]4[C@H](OC(C)=O)[C@]23C)[C@@H]2C[C@@H]3[C@H]([C@H](CO)[C@H]4C[C@]3(C)[C@@](C)(O)C(=O)O4)[C@@]12C. The van der Waals surface area contributed by atoms with Crippen LogP contribution in [0.5, 0.6) is 0 Å². The molecule has 0 aromatic heterocycles. The van der Waals surface area contributed by atoms with Gasteiger partial charge in [0, 0.05) is 42.6 Å². The first-order valence-corrected chi connectivity index (χ1v) is 16.7. The van der Waals surface area contributed by atoms with Crippen molar-refractivity contribution in [2.24, 2.45) is 75.4 Å². The van der Waals surface area contributed by atoms with Crippen molar-refractivity contribution in [1.29, 1.82) is 0 Å². The van der Waals surface area contributed by atoms with Crippen molar-refractivity contribution in [2.45, 2.75) is 110 Å². The number of aliphatic hydroxyl groups is 3. The van der Waals surface area contributed by atoms with Gasteiger partial charge in [0.2, 0.25) is 0 Å². The molecule has 0 unspecified atom stereocenters. The Labute approximate surface area is 253 Å². The van der Waals surface area contributed by atoms with E-state index in [0.29, 0.717) is 24.7 Å². The predicted molar refractivity (Wildman–Crippen MR) is 151 cm³/mol. The van der Waals surface area contributed by atoms with Gasteiger partial charge in [0.05, 0.1) is 5.60 Å². The predicted octanol–water partition coefficient (Wildman–Crippen LogP) is 2.87. The van der Waals surface area contributed by atoms with Crippen molar-refractivity contribution < 1.29 is 43.9 Å².